The zero-order valence-corrected chi connectivity index (χ0v) is 11.6. The summed E-state index contributed by atoms with van der Waals surface area (Å²) in [6, 6.07) is 7.30. The topological polar surface area (TPSA) is 59.9 Å². The molecule has 0 aromatic carbocycles. The van der Waals surface area contributed by atoms with E-state index in [1.54, 1.807) is 36.0 Å². The van der Waals surface area contributed by atoms with Crippen molar-refractivity contribution in [2.45, 2.75) is 6.92 Å². The molecule has 0 fully saturated rings. The average Bonchev–Trinajstić information content (AvgIpc) is 2.86. The van der Waals surface area contributed by atoms with Crippen molar-refractivity contribution in [1.29, 1.82) is 0 Å². The van der Waals surface area contributed by atoms with Gasteiger partial charge >= 0.3 is 0 Å². The second-order valence-corrected chi connectivity index (χ2v) is 4.94. The van der Waals surface area contributed by atoms with Gasteiger partial charge in [-0.3, -0.25) is 4.98 Å². The number of hydrogen-bond donors (Lipinski definition) is 1. The van der Waals surface area contributed by atoms with Gasteiger partial charge in [0.25, 0.3) is 0 Å². The summed E-state index contributed by atoms with van der Waals surface area (Å²) in [5, 5.41) is 5.95. The van der Waals surface area contributed by atoms with Crippen molar-refractivity contribution in [2.75, 3.05) is 5.32 Å². The van der Waals surface area contributed by atoms with Gasteiger partial charge in [0.05, 0.1) is 11.9 Å². The molecular weight excluding hydrogens is 272 g/mol. The second kappa shape index (κ2) is 5.66. The van der Waals surface area contributed by atoms with Crippen LogP contribution in [0.5, 0.6) is 11.5 Å². The molecule has 0 aliphatic carbocycles. The van der Waals surface area contributed by atoms with Crippen LogP contribution >= 0.6 is 11.3 Å². The molecule has 3 rings (SSSR count). The number of nitrogens with zero attached hydrogens (tertiary/aromatic N) is 3. The third-order valence-electron chi connectivity index (χ3n) is 2.46. The van der Waals surface area contributed by atoms with Crippen LogP contribution in [0.1, 0.15) is 5.69 Å². The molecule has 0 amide bonds. The van der Waals surface area contributed by atoms with Crippen molar-refractivity contribution >= 4 is 22.3 Å². The molecule has 5 nitrogen and oxygen atoms in total. The van der Waals surface area contributed by atoms with Gasteiger partial charge in [0.2, 0.25) is 0 Å². The van der Waals surface area contributed by atoms with E-state index in [-0.39, 0.29) is 0 Å². The third kappa shape index (κ3) is 3.10. The van der Waals surface area contributed by atoms with Crippen LogP contribution in [0.25, 0.3) is 0 Å². The molecule has 20 heavy (non-hydrogen) atoms. The Kier molecular flexibility index (Phi) is 3.56. The molecule has 0 radical (unpaired) electrons. The van der Waals surface area contributed by atoms with Crippen LogP contribution in [0.15, 0.2) is 48.2 Å². The summed E-state index contributed by atoms with van der Waals surface area (Å²) in [7, 11) is 0. The monoisotopic (exact) mass is 284 g/mol. The van der Waals surface area contributed by atoms with Crippen LogP contribution in [0.2, 0.25) is 0 Å². The SMILES string of the molecule is Cc1csc(Nc2cc(Oc3cccnc3)ccn2)n1. The molecule has 3 aromatic heterocycles. The van der Waals surface area contributed by atoms with Crippen LogP contribution in [0.4, 0.5) is 10.9 Å². The Bertz CT molecular complexity index is 699. The summed E-state index contributed by atoms with van der Waals surface area (Å²) in [5.74, 6) is 2.08. The van der Waals surface area contributed by atoms with E-state index in [1.165, 1.54) is 0 Å². The number of rotatable bonds is 4. The van der Waals surface area contributed by atoms with Crippen LogP contribution in [0.3, 0.4) is 0 Å². The van der Waals surface area contributed by atoms with Crippen LogP contribution in [-0.2, 0) is 0 Å². The molecule has 3 aromatic rings. The van der Waals surface area contributed by atoms with Crippen molar-refractivity contribution in [3.8, 4) is 11.5 Å². The van der Waals surface area contributed by atoms with E-state index in [0.717, 1.165) is 10.8 Å². The molecule has 0 bridgehead atoms. The molecule has 0 aliphatic heterocycles. The molecule has 0 spiro atoms. The highest BCUT2D eigenvalue weighted by Gasteiger charge is 2.03. The molecule has 6 heteroatoms. The lowest BCUT2D eigenvalue weighted by molar-refractivity contribution is 0.480. The number of aromatic nitrogens is 3. The summed E-state index contributed by atoms with van der Waals surface area (Å²) in [6.45, 7) is 1.96. The Morgan fingerprint density at radius 1 is 1.20 bits per heavy atom. The zero-order chi connectivity index (χ0) is 13.8. The summed E-state index contributed by atoms with van der Waals surface area (Å²) in [4.78, 5) is 12.6. The van der Waals surface area contributed by atoms with E-state index in [2.05, 4.69) is 20.3 Å². The van der Waals surface area contributed by atoms with Crippen molar-refractivity contribution in [2.24, 2.45) is 0 Å². The number of anilines is 2. The highest BCUT2D eigenvalue weighted by molar-refractivity contribution is 7.13. The first kappa shape index (κ1) is 12.6. The van der Waals surface area contributed by atoms with Gasteiger partial charge in [0.1, 0.15) is 17.3 Å². The van der Waals surface area contributed by atoms with Crippen LogP contribution < -0.4 is 10.1 Å². The predicted octanol–water partition coefficient (Wildman–Crippen LogP) is 3.78. The number of aryl methyl sites for hydroxylation is 1. The van der Waals surface area contributed by atoms with Crippen molar-refractivity contribution in [1.82, 2.24) is 15.0 Å². The molecule has 3 heterocycles. The summed E-state index contributed by atoms with van der Waals surface area (Å²) >= 11 is 1.54. The highest BCUT2D eigenvalue weighted by atomic mass is 32.1. The van der Waals surface area contributed by atoms with E-state index < -0.39 is 0 Å². The Labute approximate surface area is 120 Å². The number of nitrogens with one attached hydrogen (secondary N) is 1. The second-order valence-electron chi connectivity index (χ2n) is 4.09. The van der Waals surface area contributed by atoms with Gasteiger partial charge in [-0.05, 0) is 25.1 Å². The maximum atomic E-state index is 5.70. The van der Waals surface area contributed by atoms with Gasteiger partial charge in [0.15, 0.2) is 5.13 Å². The smallest absolute Gasteiger partial charge is 0.188 e. The van der Waals surface area contributed by atoms with E-state index >= 15 is 0 Å². The fourth-order valence-electron chi connectivity index (χ4n) is 1.61. The molecule has 0 saturated carbocycles. The fourth-order valence-corrected chi connectivity index (χ4v) is 2.30. The zero-order valence-electron chi connectivity index (χ0n) is 10.8. The molecule has 0 atom stereocenters. The van der Waals surface area contributed by atoms with Gasteiger partial charge in [-0.15, -0.1) is 11.3 Å². The standard InChI is InChI=1S/C14H12N4OS/c1-10-9-20-14(17-10)18-13-7-11(4-6-16-13)19-12-3-2-5-15-8-12/h2-9H,1H3,(H,16,17,18). The molecule has 0 saturated heterocycles. The van der Waals surface area contributed by atoms with Gasteiger partial charge in [-0.1, -0.05) is 0 Å². The van der Waals surface area contributed by atoms with Crippen LogP contribution in [-0.4, -0.2) is 15.0 Å². The molecule has 0 aliphatic rings. The molecular formula is C14H12N4OS. The number of pyridine rings is 2. The van der Waals surface area contributed by atoms with E-state index in [9.17, 15) is 0 Å². The van der Waals surface area contributed by atoms with Crippen LogP contribution in [0, 0.1) is 6.92 Å². The lowest BCUT2D eigenvalue weighted by Crippen LogP contribution is -1.93. The van der Waals surface area contributed by atoms with E-state index in [0.29, 0.717) is 17.3 Å². The minimum absolute atomic E-state index is 0.690. The maximum absolute atomic E-state index is 5.70. The van der Waals surface area contributed by atoms with Gasteiger partial charge in [0, 0.05) is 23.8 Å². The minimum Gasteiger partial charge on any atom is -0.456 e. The highest BCUT2D eigenvalue weighted by Crippen LogP contribution is 2.24. The number of hydrogen-bond acceptors (Lipinski definition) is 6. The van der Waals surface area contributed by atoms with Crippen molar-refractivity contribution in [3.05, 3.63) is 53.9 Å². The first-order valence-corrected chi connectivity index (χ1v) is 6.91. The summed E-state index contributed by atoms with van der Waals surface area (Å²) in [6.07, 6.45) is 5.06. The third-order valence-corrected chi connectivity index (χ3v) is 3.33. The van der Waals surface area contributed by atoms with Crippen molar-refractivity contribution in [3.63, 3.8) is 0 Å². The molecule has 100 valence electrons. The number of ether oxygens (including phenoxy) is 1. The largest absolute Gasteiger partial charge is 0.456 e. The molecule has 1 N–H and O–H groups in total. The summed E-state index contributed by atoms with van der Waals surface area (Å²) < 4.78 is 5.70. The molecule has 0 unspecified atom stereocenters. The van der Waals surface area contributed by atoms with Crippen molar-refractivity contribution < 1.29 is 4.74 Å². The summed E-state index contributed by atoms with van der Waals surface area (Å²) in [5.41, 5.74) is 0.986. The Hall–Kier alpha value is -2.47. The first-order valence-electron chi connectivity index (χ1n) is 6.03. The normalized spacial score (nSPS) is 10.2. The fraction of sp³-hybridized carbons (Fsp3) is 0.0714. The minimum atomic E-state index is 0.690. The lowest BCUT2D eigenvalue weighted by Gasteiger charge is -2.06. The predicted molar refractivity (Wildman–Crippen MR) is 78.7 cm³/mol. The van der Waals surface area contributed by atoms with Gasteiger partial charge < -0.3 is 10.1 Å². The quantitative estimate of drug-likeness (QED) is 0.790. The lowest BCUT2D eigenvalue weighted by atomic mass is 10.4. The average molecular weight is 284 g/mol. The Morgan fingerprint density at radius 3 is 2.90 bits per heavy atom. The number of thiazole rings is 1. The van der Waals surface area contributed by atoms with E-state index in [1.807, 2.05) is 30.5 Å². The van der Waals surface area contributed by atoms with Gasteiger partial charge in [-0.2, -0.15) is 0 Å². The van der Waals surface area contributed by atoms with E-state index in [4.69, 9.17) is 4.74 Å². The maximum Gasteiger partial charge on any atom is 0.188 e. The Morgan fingerprint density at radius 2 is 2.15 bits per heavy atom. The first-order chi connectivity index (χ1) is 9.79. The Balaban J connectivity index is 1.76. The van der Waals surface area contributed by atoms with Gasteiger partial charge in [-0.25, -0.2) is 9.97 Å².